The number of nitrogens with zero attached hydrogens (tertiary/aromatic N) is 1. The van der Waals surface area contributed by atoms with E-state index in [0.29, 0.717) is 11.3 Å². The van der Waals surface area contributed by atoms with Crippen molar-refractivity contribution < 1.29 is 8.42 Å². The molecule has 0 aliphatic rings. The van der Waals surface area contributed by atoms with Gasteiger partial charge in [-0.05, 0) is 31.8 Å². The Morgan fingerprint density at radius 2 is 2.21 bits per heavy atom. The minimum atomic E-state index is -3.60. The van der Waals surface area contributed by atoms with E-state index in [0.717, 1.165) is 17.9 Å². The Morgan fingerprint density at radius 1 is 1.53 bits per heavy atom. The second kappa shape index (κ2) is 7.28. The molecule has 110 valence electrons. The van der Waals surface area contributed by atoms with Crippen LogP contribution in [0.1, 0.15) is 31.5 Å². The van der Waals surface area contributed by atoms with Crippen LogP contribution in [0.4, 0.5) is 0 Å². The number of sulfonamides is 1. The highest BCUT2D eigenvalue weighted by molar-refractivity contribution is 7.99. The van der Waals surface area contributed by atoms with Crippen LogP contribution in [0.3, 0.4) is 0 Å². The van der Waals surface area contributed by atoms with Crippen molar-refractivity contribution in [2.45, 2.75) is 44.8 Å². The first kappa shape index (κ1) is 16.5. The van der Waals surface area contributed by atoms with Crippen LogP contribution >= 0.6 is 11.8 Å². The Bertz CT molecular complexity index is 499. The van der Waals surface area contributed by atoms with Crippen LogP contribution in [0.25, 0.3) is 0 Å². The maximum atomic E-state index is 12.2. The SMILES string of the molecule is CCSCCC(C)NS(=O)(=O)c1n[nH]c(C)c1CN. The highest BCUT2D eigenvalue weighted by atomic mass is 32.2. The van der Waals surface area contributed by atoms with Crippen LogP contribution < -0.4 is 10.5 Å². The van der Waals surface area contributed by atoms with Crippen molar-refractivity contribution in [3.05, 3.63) is 11.3 Å². The lowest BCUT2D eigenvalue weighted by molar-refractivity contribution is 0.552. The van der Waals surface area contributed by atoms with Gasteiger partial charge in [0.25, 0.3) is 10.0 Å². The molecule has 0 saturated heterocycles. The van der Waals surface area contributed by atoms with E-state index in [2.05, 4.69) is 21.8 Å². The van der Waals surface area contributed by atoms with Gasteiger partial charge in [0, 0.05) is 23.8 Å². The second-order valence-electron chi connectivity index (χ2n) is 4.34. The number of aromatic nitrogens is 2. The molecule has 0 aliphatic carbocycles. The fraction of sp³-hybridized carbons (Fsp3) is 0.727. The Kier molecular flexibility index (Phi) is 6.31. The van der Waals surface area contributed by atoms with E-state index >= 15 is 0 Å². The summed E-state index contributed by atoms with van der Waals surface area (Å²) in [5, 5.41) is 6.53. The van der Waals surface area contributed by atoms with Gasteiger partial charge in [-0.25, -0.2) is 13.1 Å². The van der Waals surface area contributed by atoms with Gasteiger partial charge in [0.2, 0.25) is 0 Å². The first-order valence-electron chi connectivity index (χ1n) is 6.26. The molecule has 1 rings (SSSR count). The number of aryl methyl sites for hydroxylation is 1. The minimum Gasteiger partial charge on any atom is -0.326 e. The molecule has 0 fully saturated rings. The molecule has 1 atom stereocenters. The lowest BCUT2D eigenvalue weighted by Gasteiger charge is -2.13. The molecule has 0 spiro atoms. The Labute approximate surface area is 119 Å². The number of H-pyrrole nitrogens is 1. The lowest BCUT2D eigenvalue weighted by Crippen LogP contribution is -2.34. The molecule has 1 aromatic heterocycles. The monoisotopic (exact) mass is 306 g/mol. The molecule has 1 unspecified atom stereocenters. The first-order valence-corrected chi connectivity index (χ1v) is 8.90. The summed E-state index contributed by atoms with van der Waals surface area (Å²) in [4.78, 5) is 0. The van der Waals surface area contributed by atoms with E-state index in [1.54, 1.807) is 18.7 Å². The van der Waals surface area contributed by atoms with E-state index in [1.807, 2.05) is 6.92 Å². The predicted molar refractivity (Wildman–Crippen MR) is 78.6 cm³/mol. The van der Waals surface area contributed by atoms with Crippen LogP contribution in [-0.4, -0.2) is 36.2 Å². The maximum Gasteiger partial charge on any atom is 0.260 e. The summed E-state index contributed by atoms with van der Waals surface area (Å²) in [7, 11) is -3.60. The van der Waals surface area contributed by atoms with E-state index in [1.165, 1.54) is 0 Å². The fourth-order valence-electron chi connectivity index (χ4n) is 1.68. The third-order valence-corrected chi connectivity index (χ3v) is 5.24. The summed E-state index contributed by atoms with van der Waals surface area (Å²) in [6.45, 7) is 5.85. The van der Waals surface area contributed by atoms with Crippen molar-refractivity contribution in [1.82, 2.24) is 14.9 Å². The standard InChI is InChI=1S/C11H22N4O2S2/c1-4-18-6-5-8(2)15-19(16,17)11-10(7-12)9(3)13-14-11/h8,15H,4-7,12H2,1-3H3,(H,13,14). The largest absolute Gasteiger partial charge is 0.326 e. The zero-order valence-electron chi connectivity index (χ0n) is 11.6. The predicted octanol–water partition coefficient (Wildman–Crippen LogP) is 0.987. The Balaban J connectivity index is 2.75. The van der Waals surface area contributed by atoms with Crippen LogP contribution in [-0.2, 0) is 16.6 Å². The molecule has 0 radical (unpaired) electrons. The molecule has 0 aliphatic heterocycles. The van der Waals surface area contributed by atoms with Gasteiger partial charge in [0.1, 0.15) is 0 Å². The van der Waals surface area contributed by atoms with E-state index in [4.69, 9.17) is 5.73 Å². The molecule has 0 bridgehead atoms. The van der Waals surface area contributed by atoms with Crippen molar-refractivity contribution in [3.8, 4) is 0 Å². The molecule has 1 heterocycles. The number of hydrogen-bond acceptors (Lipinski definition) is 5. The summed E-state index contributed by atoms with van der Waals surface area (Å²) in [5.74, 6) is 1.97. The molecule has 0 saturated carbocycles. The van der Waals surface area contributed by atoms with Crippen molar-refractivity contribution in [2.75, 3.05) is 11.5 Å². The van der Waals surface area contributed by atoms with Gasteiger partial charge in [-0.1, -0.05) is 6.92 Å². The quantitative estimate of drug-likeness (QED) is 0.622. The van der Waals surface area contributed by atoms with Gasteiger partial charge in [-0.3, -0.25) is 5.10 Å². The van der Waals surface area contributed by atoms with E-state index in [9.17, 15) is 8.42 Å². The topological polar surface area (TPSA) is 101 Å². The van der Waals surface area contributed by atoms with Gasteiger partial charge in [-0.15, -0.1) is 0 Å². The van der Waals surface area contributed by atoms with Crippen LogP contribution in [0.5, 0.6) is 0 Å². The smallest absolute Gasteiger partial charge is 0.260 e. The van der Waals surface area contributed by atoms with E-state index < -0.39 is 10.0 Å². The third kappa shape index (κ3) is 4.48. The summed E-state index contributed by atoms with van der Waals surface area (Å²) < 4.78 is 27.1. The summed E-state index contributed by atoms with van der Waals surface area (Å²) in [5.41, 5.74) is 6.80. The Hall–Kier alpha value is -0.570. The van der Waals surface area contributed by atoms with Crippen molar-refractivity contribution >= 4 is 21.8 Å². The molecule has 4 N–H and O–H groups in total. The summed E-state index contributed by atoms with van der Waals surface area (Å²) in [6.07, 6.45) is 0.791. The lowest BCUT2D eigenvalue weighted by atomic mass is 10.3. The van der Waals surface area contributed by atoms with Crippen LogP contribution in [0, 0.1) is 6.92 Å². The zero-order valence-corrected chi connectivity index (χ0v) is 13.2. The van der Waals surface area contributed by atoms with Crippen LogP contribution in [0.2, 0.25) is 0 Å². The maximum absolute atomic E-state index is 12.2. The number of nitrogens with two attached hydrogens (primary N) is 1. The number of nitrogens with one attached hydrogen (secondary N) is 2. The van der Waals surface area contributed by atoms with Gasteiger partial charge >= 0.3 is 0 Å². The number of thioether (sulfide) groups is 1. The minimum absolute atomic E-state index is 0.0162. The average Bonchev–Trinajstić information content (AvgIpc) is 2.70. The summed E-state index contributed by atoms with van der Waals surface area (Å²) in [6, 6.07) is -0.119. The molecule has 6 nitrogen and oxygen atoms in total. The Morgan fingerprint density at radius 3 is 2.79 bits per heavy atom. The van der Waals surface area contributed by atoms with Gasteiger partial charge in [0.05, 0.1) is 0 Å². The first-order chi connectivity index (χ1) is 8.92. The second-order valence-corrected chi connectivity index (χ2v) is 7.37. The number of hydrogen-bond donors (Lipinski definition) is 3. The molecular formula is C11H22N4O2S2. The highest BCUT2D eigenvalue weighted by Crippen LogP contribution is 2.16. The third-order valence-electron chi connectivity index (χ3n) is 2.75. The number of rotatable bonds is 8. The average molecular weight is 306 g/mol. The van der Waals surface area contributed by atoms with Crippen molar-refractivity contribution in [2.24, 2.45) is 5.73 Å². The molecule has 8 heteroatoms. The molecular weight excluding hydrogens is 284 g/mol. The summed E-state index contributed by atoms with van der Waals surface area (Å²) >= 11 is 1.79. The van der Waals surface area contributed by atoms with Crippen LogP contribution in [0.15, 0.2) is 5.03 Å². The highest BCUT2D eigenvalue weighted by Gasteiger charge is 2.24. The molecule has 1 aromatic rings. The molecule has 0 aromatic carbocycles. The van der Waals surface area contributed by atoms with Gasteiger partial charge < -0.3 is 5.73 Å². The van der Waals surface area contributed by atoms with Crippen molar-refractivity contribution in [1.29, 1.82) is 0 Å². The van der Waals surface area contributed by atoms with Gasteiger partial charge in [-0.2, -0.15) is 16.9 Å². The van der Waals surface area contributed by atoms with E-state index in [-0.39, 0.29) is 17.6 Å². The molecule has 0 amide bonds. The fourth-order valence-corrected chi connectivity index (χ4v) is 3.97. The van der Waals surface area contributed by atoms with Gasteiger partial charge in [0.15, 0.2) is 5.03 Å². The zero-order chi connectivity index (χ0) is 14.5. The normalized spacial score (nSPS) is 13.7. The van der Waals surface area contributed by atoms with Crippen molar-refractivity contribution in [3.63, 3.8) is 0 Å². The number of aromatic amines is 1. The molecule has 19 heavy (non-hydrogen) atoms.